The molecule has 0 bridgehead atoms. The molecule has 0 aliphatic rings. The van der Waals surface area contributed by atoms with E-state index in [2.05, 4.69) is 15.3 Å². The average molecular weight is 252 g/mol. The molecule has 0 unspecified atom stereocenters. The molecular weight excluding hydrogens is 245 g/mol. The number of hydrogen-bond acceptors (Lipinski definition) is 3. The number of amides is 1. The maximum atomic E-state index is 12.6. The lowest BCUT2D eigenvalue weighted by molar-refractivity contribution is 0.102. The number of pyridine rings is 2. The highest BCUT2D eigenvalue weighted by molar-refractivity contribution is 6.30. The van der Waals surface area contributed by atoms with Crippen LogP contribution >= 0.6 is 11.6 Å². The zero-order chi connectivity index (χ0) is 12.3. The molecule has 2 heterocycles. The van der Waals surface area contributed by atoms with Crippen LogP contribution in [0.1, 0.15) is 10.5 Å². The van der Waals surface area contributed by atoms with Crippen molar-refractivity contribution in [3.63, 3.8) is 0 Å². The van der Waals surface area contributed by atoms with Gasteiger partial charge in [-0.3, -0.25) is 9.78 Å². The molecule has 17 heavy (non-hydrogen) atoms. The number of nitrogens with zero attached hydrogens (tertiary/aromatic N) is 2. The third-order valence-electron chi connectivity index (χ3n) is 1.92. The molecule has 2 aromatic rings. The van der Waals surface area contributed by atoms with Crippen molar-refractivity contribution in [2.24, 2.45) is 0 Å². The molecule has 0 aliphatic carbocycles. The second kappa shape index (κ2) is 4.88. The Balaban J connectivity index is 2.14. The summed E-state index contributed by atoms with van der Waals surface area (Å²) in [6, 6.07) is 5.56. The van der Waals surface area contributed by atoms with Crippen molar-refractivity contribution >= 4 is 23.3 Å². The van der Waals surface area contributed by atoms with Crippen LogP contribution in [0.25, 0.3) is 0 Å². The zero-order valence-corrected chi connectivity index (χ0v) is 9.28. The maximum Gasteiger partial charge on any atom is 0.275 e. The summed E-state index contributed by atoms with van der Waals surface area (Å²) in [6.45, 7) is 0. The molecule has 0 saturated carbocycles. The second-order valence-corrected chi connectivity index (χ2v) is 3.61. The first kappa shape index (κ1) is 11.5. The van der Waals surface area contributed by atoms with Gasteiger partial charge < -0.3 is 5.32 Å². The van der Waals surface area contributed by atoms with E-state index in [1.807, 2.05) is 0 Å². The number of rotatable bonds is 2. The van der Waals surface area contributed by atoms with Gasteiger partial charge >= 0.3 is 0 Å². The van der Waals surface area contributed by atoms with Gasteiger partial charge in [-0.05, 0) is 24.3 Å². The first-order valence-electron chi connectivity index (χ1n) is 4.69. The highest BCUT2D eigenvalue weighted by atomic mass is 35.5. The van der Waals surface area contributed by atoms with E-state index in [9.17, 15) is 9.18 Å². The molecule has 0 atom stereocenters. The summed E-state index contributed by atoms with van der Waals surface area (Å²) in [5.74, 6) is -0.673. The number of carbonyl (C=O) groups excluding carboxylic acids is 1. The van der Waals surface area contributed by atoms with Crippen LogP contribution in [0.5, 0.6) is 0 Å². The van der Waals surface area contributed by atoms with Crippen molar-refractivity contribution in [2.75, 3.05) is 5.32 Å². The molecule has 2 aromatic heterocycles. The van der Waals surface area contributed by atoms with E-state index in [1.54, 1.807) is 6.07 Å². The van der Waals surface area contributed by atoms with Crippen molar-refractivity contribution in [3.8, 4) is 0 Å². The Hall–Kier alpha value is -2.01. The minimum atomic E-state index is -0.469. The largest absolute Gasteiger partial charge is 0.305 e. The highest BCUT2D eigenvalue weighted by Gasteiger charge is 2.08. The fraction of sp³-hybridized carbons (Fsp3) is 0. The number of hydrogen-bond donors (Lipinski definition) is 1. The van der Waals surface area contributed by atoms with Crippen molar-refractivity contribution in [1.29, 1.82) is 0 Å². The van der Waals surface area contributed by atoms with Crippen LogP contribution in [0.15, 0.2) is 36.7 Å². The number of carbonyl (C=O) groups is 1. The molecule has 86 valence electrons. The Morgan fingerprint density at radius 3 is 2.76 bits per heavy atom. The molecule has 0 fully saturated rings. The third-order valence-corrected chi connectivity index (χ3v) is 2.16. The average Bonchev–Trinajstić information content (AvgIpc) is 2.32. The molecule has 0 saturated heterocycles. The topological polar surface area (TPSA) is 54.9 Å². The van der Waals surface area contributed by atoms with Crippen molar-refractivity contribution in [2.45, 2.75) is 0 Å². The first-order chi connectivity index (χ1) is 8.15. The monoisotopic (exact) mass is 251 g/mol. The van der Waals surface area contributed by atoms with E-state index >= 15 is 0 Å². The molecule has 0 aromatic carbocycles. The fourth-order valence-electron chi connectivity index (χ4n) is 1.16. The predicted octanol–water partition coefficient (Wildman–Crippen LogP) is 2.52. The van der Waals surface area contributed by atoms with E-state index in [0.717, 1.165) is 6.20 Å². The molecule has 6 heteroatoms. The lowest BCUT2D eigenvalue weighted by Crippen LogP contribution is -2.14. The summed E-state index contributed by atoms with van der Waals surface area (Å²) in [5.41, 5.74) is 0.170. The molecule has 0 aliphatic heterocycles. The van der Waals surface area contributed by atoms with Gasteiger partial charge in [0.1, 0.15) is 17.3 Å². The van der Waals surface area contributed by atoms with Crippen LogP contribution in [-0.4, -0.2) is 15.9 Å². The van der Waals surface area contributed by atoms with Gasteiger partial charge in [-0.25, -0.2) is 9.37 Å². The van der Waals surface area contributed by atoms with Gasteiger partial charge in [0.05, 0.1) is 6.20 Å². The van der Waals surface area contributed by atoms with Crippen LogP contribution in [0.3, 0.4) is 0 Å². The fourth-order valence-corrected chi connectivity index (χ4v) is 1.32. The number of anilines is 1. The third kappa shape index (κ3) is 2.98. The van der Waals surface area contributed by atoms with Gasteiger partial charge in [-0.15, -0.1) is 0 Å². The lowest BCUT2D eigenvalue weighted by atomic mass is 10.3. The van der Waals surface area contributed by atoms with Gasteiger partial charge in [0.25, 0.3) is 5.91 Å². The molecule has 0 spiro atoms. The molecule has 1 N–H and O–H groups in total. The van der Waals surface area contributed by atoms with Crippen LogP contribution < -0.4 is 5.32 Å². The Bertz CT molecular complexity index is 545. The summed E-state index contributed by atoms with van der Waals surface area (Å²) < 4.78 is 12.6. The summed E-state index contributed by atoms with van der Waals surface area (Å²) in [5, 5.41) is 2.89. The standard InChI is InChI=1S/C11H7ClFN3O/c12-7-3-4-14-9(5-7)11(17)16-10-2-1-8(13)6-15-10/h1-6H,(H,15,16,17). The minimum Gasteiger partial charge on any atom is -0.305 e. The van der Waals surface area contributed by atoms with E-state index in [-0.39, 0.29) is 11.5 Å². The quantitative estimate of drug-likeness (QED) is 0.892. The van der Waals surface area contributed by atoms with Crippen molar-refractivity contribution in [3.05, 3.63) is 53.2 Å². The molecule has 1 amide bonds. The van der Waals surface area contributed by atoms with Gasteiger partial charge in [0.2, 0.25) is 0 Å². The molecule has 4 nitrogen and oxygen atoms in total. The molecular formula is C11H7ClFN3O. The SMILES string of the molecule is O=C(Nc1ccc(F)cn1)c1cc(Cl)ccn1. The van der Waals surface area contributed by atoms with Crippen LogP contribution in [0, 0.1) is 5.82 Å². The first-order valence-corrected chi connectivity index (χ1v) is 5.07. The minimum absolute atomic E-state index is 0.170. The summed E-state index contributed by atoms with van der Waals surface area (Å²) in [4.78, 5) is 19.2. The summed E-state index contributed by atoms with van der Waals surface area (Å²) in [7, 11) is 0. The van der Waals surface area contributed by atoms with Gasteiger partial charge in [0.15, 0.2) is 0 Å². The van der Waals surface area contributed by atoms with Crippen LogP contribution in [-0.2, 0) is 0 Å². The van der Waals surface area contributed by atoms with E-state index in [1.165, 1.54) is 24.4 Å². The van der Waals surface area contributed by atoms with E-state index in [0.29, 0.717) is 5.02 Å². The van der Waals surface area contributed by atoms with Gasteiger partial charge in [0, 0.05) is 11.2 Å². The lowest BCUT2D eigenvalue weighted by Gasteiger charge is -2.03. The Morgan fingerprint density at radius 1 is 1.29 bits per heavy atom. The van der Waals surface area contributed by atoms with E-state index < -0.39 is 11.7 Å². The molecule has 0 radical (unpaired) electrons. The maximum absolute atomic E-state index is 12.6. The van der Waals surface area contributed by atoms with Crippen LogP contribution in [0.2, 0.25) is 5.02 Å². The predicted molar refractivity (Wildman–Crippen MR) is 61.4 cm³/mol. The smallest absolute Gasteiger partial charge is 0.275 e. The summed E-state index contributed by atoms with van der Waals surface area (Å²) in [6.07, 6.45) is 2.44. The highest BCUT2D eigenvalue weighted by Crippen LogP contribution is 2.10. The second-order valence-electron chi connectivity index (χ2n) is 3.18. The van der Waals surface area contributed by atoms with Gasteiger partial charge in [-0.1, -0.05) is 11.6 Å². The summed E-state index contributed by atoms with van der Waals surface area (Å²) >= 11 is 5.73. The Kier molecular flexibility index (Phi) is 3.30. The number of nitrogens with one attached hydrogen (secondary N) is 1. The van der Waals surface area contributed by atoms with Crippen molar-refractivity contribution < 1.29 is 9.18 Å². The number of aromatic nitrogens is 2. The molecule has 2 rings (SSSR count). The normalized spacial score (nSPS) is 10.0. The zero-order valence-electron chi connectivity index (χ0n) is 8.52. The van der Waals surface area contributed by atoms with Crippen molar-refractivity contribution in [1.82, 2.24) is 9.97 Å². The van der Waals surface area contributed by atoms with Crippen LogP contribution in [0.4, 0.5) is 10.2 Å². The Labute approximate surface area is 101 Å². The van der Waals surface area contributed by atoms with Gasteiger partial charge in [-0.2, -0.15) is 0 Å². The van der Waals surface area contributed by atoms with E-state index in [4.69, 9.17) is 11.6 Å². The Morgan fingerprint density at radius 2 is 2.12 bits per heavy atom. The number of halogens is 2.